The molecule has 0 aromatic heterocycles. The zero-order valence-electron chi connectivity index (χ0n) is 26.4. The molecule has 0 bridgehead atoms. The van der Waals surface area contributed by atoms with Gasteiger partial charge in [-0.15, -0.1) is 0 Å². The lowest BCUT2D eigenvalue weighted by Gasteiger charge is -2.32. The van der Waals surface area contributed by atoms with E-state index in [1.807, 2.05) is 0 Å². The summed E-state index contributed by atoms with van der Waals surface area (Å²) in [7, 11) is 0. The summed E-state index contributed by atoms with van der Waals surface area (Å²) in [6.07, 6.45) is 2.17. The van der Waals surface area contributed by atoms with Gasteiger partial charge in [0.05, 0.1) is 0 Å². The Hall–Kier alpha value is -4.62. The minimum atomic E-state index is -0.0530. The zero-order valence-corrected chi connectivity index (χ0v) is 26.4. The van der Waals surface area contributed by atoms with Gasteiger partial charge in [-0.3, -0.25) is 0 Å². The molecule has 0 unspecified atom stereocenters. The van der Waals surface area contributed by atoms with E-state index >= 15 is 0 Å². The average Bonchev–Trinajstić information content (AvgIpc) is 3.45. The molecule has 8 rings (SSSR count). The van der Waals surface area contributed by atoms with Gasteiger partial charge in [0.15, 0.2) is 0 Å². The Balaban J connectivity index is 1.34. The van der Waals surface area contributed by atoms with E-state index in [0.29, 0.717) is 0 Å². The first-order chi connectivity index (χ1) is 21.4. The Morgan fingerprint density at radius 1 is 0.477 bits per heavy atom. The van der Waals surface area contributed by atoms with Crippen molar-refractivity contribution >= 4 is 27.8 Å². The first kappa shape index (κ1) is 27.0. The Morgan fingerprint density at radius 2 is 1.11 bits per heavy atom. The molecule has 0 radical (unpaired) electrons. The molecule has 0 spiro atoms. The van der Waals surface area contributed by atoms with Crippen molar-refractivity contribution < 1.29 is 0 Å². The molecule has 2 aliphatic carbocycles. The lowest BCUT2D eigenvalue weighted by atomic mass is 9.74. The maximum Gasteiger partial charge on any atom is 0.0468 e. The molecule has 0 amide bonds. The molecule has 0 N–H and O–H groups in total. The number of hydrogen-bond acceptors (Lipinski definition) is 1. The molecule has 216 valence electrons. The summed E-state index contributed by atoms with van der Waals surface area (Å²) < 4.78 is 0. The van der Waals surface area contributed by atoms with Crippen LogP contribution < -0.4 is 4.90 Å². The fourth-order valence-electron chi connectivity index (χ4n) is 8.37. The van der Waals surface area contributed by atoms with E-state index in [9.17, 15) is 0 Å². The van der Waals surface area contributed by atoms with Gasteiger partial charge in [0, 0.05) is 27.9 Å². The summed E-state index contributed by atoms with van der Waals surface area (Å²) in [6.45, 7) is 11.6. The third-order valence-electron chi connectivity index (χ3n) is 10.8. The van der Waals surface area contributed by atoms with Crippen LogP contribution in [0.1, 0.15) is 68.4 Å². The molecule has 2 aliphatic rings. The Morgan fingerprint density at radius 3 is 1.89 bits per heavy atom. The largest absolute Gasteiger partial charge is 0.310 e. The van der Waals surface area contributed by atoms with Gasteiger partial charge < -0.3 is 4.90 Å². The lowest BCUT2D eigenvalue weighted by Crippen LogP contribution is -2.23. The minimum Gasteiger partial charge on any atom is -0.310 e. The first-order valence-electron chi connectivity index (χ1n) is 16.1. The number of fused-ring (bicyclic) bond motifs is 7. The van der Waals surface area contributed by atoms with E-state index in [-0.39, 0.29) is 10.8 Å². The van der Waals surface area contributed by atoms with Crippen LogP contribution in [0.3, 0.4) is 0 Å². The van der Waals surface area contributed by atoms with Crippen molar-refractivity contribution in [3.63, 3.8) is 0 Å². The molecule has 1 heteroatoms. The van der Waals surface area contributed by atoms with Gasteiger partial charge in [0.2, 0.25) is 0 Å². The molecule has 1 nitrogen and oxygen atoms in total. The van der Waals surface area contributed by atoms with E-state index in [2.05, 4.69) is 161 Å². The predicted octanol–water partition coefficient (Wildman–Crippen LogP) is 12.0. The van der Waals surface area contributed by atoms with Crippen molar-refractivity contribution in [1.82, 2.24) is 0 Å². The summed E-state index contributed by atoms with van der Waals surface area (Å²) in [5, 5.41) is 2.60. The topological polar surface area (TPSA) is 3.24 Å². The van der Waals surface area contributed by atoms with E-state index in [1.165, 1.54) is 77.9 Å². The minimum absolute atomic E-state index is 0.0299. The standard InChI is InChI=1S/C43H39N/c1-6-43(7-2)39-18-11-10-17-34(39)35-21-19-33(27-41(35)43)44(31-16-12-13-28(3)23-31)32-20-22-38-37(26-32)36-24-29-14-8-9-15-30(29)25-40(36)42(38,4)5/h8-27H,6-7H2,1-5H3. The van der Waals surface area contributed by atoms with Crippen molar-refractivity contribution in [2.24, 2.45) is 0 Å². The number of nitrogens with zero attached hydrogens (tertiary/aromatic N) is 1. The molecule has 0 aliphatic heterocycles. The third-order valence-corrected chi connectivity index (χ3v) is 10.8. The molecule has 0 atom stereocenters. The third kappa shape index (κ3) is 3.72. The van der Waals surface area contributed by atoms with Crippen molar-refractivity contribution in [2.75, 3.05) is 4.90 Å². The fraction of sp³-hybridized carbons (Fsp3) is 0.209. The van der Waals surface area contributed by atoms with Crippen LogP contribution in [0, 0.1) is 6.92 Å². The Labute approximate surface area is 261 Å². The highest BCUT2D eigenvalue weighted by atomic mass is 15.1. The highest BCUT2D eigenvalue weighted by Crippen LogP contribution is 2.55. The first-order valence-corrected chi connectivity index (χ1v) is 16.1. The van der Waals surface area contributed by atoms with Crippen LogP contribution in [0.15, 0.2) is 121 Å². The van der Waals surface area contributed by atoms with Crippen molar-refractivity contribution in [2.45, 2.75) is 58.3 Å². The number of rotatable bonds is 5. The molecule has 6 aromatic carbocycles. The number of hydrogen-bond donors (Lipinski definition) is 0. The summed E-state index contributed by atoms with van der Waals surface area (Å²) in [5.74, 6) is 0. The van der Waals surface area contributed by atoms with Crippen LogP contribution in [0.25, 0.3) is 33.0 Å². The van der Waals surface area contributed by atoms with Gasteiger partial charge in [-0.1, -0.05) is 100 Å². The second kappa shape index (κ2) is 9.69. The quantitative estimate of drug-likeness (QED) is 0.200. The van der Waals surface area contributed by atoms with Gasteiger partial charge in [0.25, 0.3) is 0 Å². The van der Waals surface area contributed by atoms with Crippen molar-refractivity contribution in [3.05, 3.63) is 149 Å². The molecular weight excluding hydrogens is 530 g/mol. The lowest BCUT2D eigenvalue weighted by molar-refractivity contribution is 0.490. The molecule has 0 fully saturated rings. The average molecular weight is 570 g/mol. The van der Waals surface area contributed by atoms with Crippen LogP contribution >= 0.6 is 0 Å². The highest BCUT2D eigenvalue weighted by molar-refractivity contribution is 5.95. The van der Waals surface area contributed by atoms with Crippen LogP contribution in [0.5, 0.6) is 0 Å². The summed E-state index contributed by atoms with van der Waals surface area (Å²) >= 11 is 0. The van der Waals surface area contributed by atoms with Gasteiger partial charge in [-0.25, -0.2) is 0 Å². The second-order valence-corrected chi connectivity index (χ2v) is 13.3. The number of anilines is 3. The van der Waals surface area contributed by atoms with Gasteiger partial charge in [0.1, 0.15) is 0 Å². The van der Waals surface area contributed by atoms with E-state index < -0.39 is 0 Å². The molecular formula is C43H39N. The van der Waals surface area contributed by atoms with Crippen molar-refractivity contribution in [3.8, 4) is 22.3 Å². The predicted molar refractivity (Wildman–Crippen MR) is 188 cm³/mol. The number of benzene rings is 6. The summed E-state index contributed by atoms with van der Waals surface area (Å²) in [6, 6.07) is 45.9. The SMILES string of the molecule is CCC1(CC)c2ccccc2-c2ccc(N(c3cccc(C)c3)c3ccc4c(c3)-c3cc5ccccc5cc3C4(C)C)cc21. The van der Waals surface area contributed by atoms with Crippen LogP contribution in [0.2, 0.25) is 0 Å². The van der Waals surface area contributed by atoms with Gasteiger partial charge in [-0.2, -0.15) is 0 Å². The Bertz CT molecular complexity index is 2090. The van der Waals surface area contributed by atoms with Crippen LogP contribution in [0.4, 0.5) is 17.1 Å². The monoisotopic (exact) mass is 569 g/mol. The van der Waals surface area contributed by atoms with Crippen LogP contribution in [-0.4, -0.2) is 0 Å². The molecule has 0 heterocycles. The van der Waals surface area contributed by atoms with E-state index in [4.69, 9.17) is 0 Å². The van der Waals surface area contributed by atoms with E-state index in [0.717, 1.165) is 12.8 Å². The molecule has 6 aromatic rings. The Kier molecular flexibility index (Phi) is 5.94. The van der Waals surface area contributed by atoms with Crippen LogP contribution in [-0.2, 0) is 10.8 Å². The summed E-state index contributed by atoms with van der Waals surface area (Å²) in [5.41, 5.74) is 16.1. The molecule has 0 saturated carbocycles. The maximum atomic E-state index is 2.49. The summed E-state index contributed by atoms with van der Waals surface area (Å²) in [4.78, 5) is 2.47. The molecule has 44 heavy (non-hydrogen) atoms. The van der Waals surface area contributed by atoms with E-state index in [1.54, 1.807) is 0 Å². The van der Waals surface area contributed by atoms with Gasteiger partial charge >= 0.3 is 0 Å². The smallest absolute Gasteiger partial charge is 0.0468 e. The van der Waals surface area contributed by atoms with Crippen molar-refractivity contribution in [1.29, 1.82) is 0 Å². The van der Waals surface area contributed by atoms with Gasteiger partial charge in [-0.05, 0) is 129 Å². The maximum absolute atomic E-state index is 2.49. The second-order valence-electron chi connectivity index (χ2n) is 13.3. The fourth-order valence-corrected chi connectivity index (χ4v) is 8.37. The highest BCUT2D eigenvalue weighted by Gasteiger charge is 2.41. The zero-order chi connectivity index (χ0) is 30.2. The normalized spacial score (nSPS) is 15.0. The number of aryl methyl sites for hydroxylation is 1. The molecule has 0 saturated heterocycles.